The van der Waals surface area contributed by atoms with Crippen molar-refractivity contribution >= 4 is 5.97 Å². The van der Waals surface area contributed by atoms with E-state index in [1.807, 2.05) is 63.3 Å². The Balaban J connectivity index is 2.77. The van der Waals surface area contributed by atoms with Crippen LogP contribution in [0.25, 0.3) is 0 Å². The lowest BCUT2D eigenvalue weighted by molar-refractivity contribution is -0.154. The zero-order valence-electron chi connectivity index (χ0n) is 18.9. The molecule has 1 unspecified atom stereocenters. The van der Waals surface area contributed by atoms with Gasteiger partial charge in [0.15, 0.2) is 5.60 Å². The molecular formula is C27H35NO2. The Kier molecular flexibility index (Phi) is 8.61. The van der Waals surface area contributed by atoms with Gasteiger partial charge in [-0.1, -0.05) is 80.1 Å². The summed E-state index contributed by atoms with van der Waals surface area (Å²) in [7, 11) is 0. The van der Waals surface area contributed by atoms with E-state index in [0.717, 1.165) is 41.5 Å². The average Bonchev–Trinajstić information content (AvgIpc) is 2.77. The van der Waals surface area contributed by atoms with Gasteiger partial charge in [0.25, 0.3) is 0 Å². The molecule has 0 spiro atoms. The molecule has 0 saturated heterocycles. The first kappa shape index (κ1) is 23.6. The number of esters is 1. The number of rotatable bonds is 9. The molecule has 0 aromatic heterocycles. The fourth-order valence-electron chi connectivity index (χ4n) is 3.72. The van der Waals surface area contributed by atoms with Gasteiger partial charge >= 0.3 is 5.97 Å². The van der Waals surface area contributed by atoms with Gasteiger partial charge in [-0.05, 0) is 51.7 Å². The van der Waals surface area contributed by atoms with Crippen molar-refractivity contribution in [2.75, 3.05) is 0 Å². The molecule has 0 saturated carbocycles. The van der Waals surface area contributed by atoms with Crippen molar-refractivity contribution in [3.05, 3.63) is 94.6 Å². The molecule has 3 nitrogen and oxygen atoms in total. The van der Waals surface area contributed by atoms with Gasteiger partial charge < -0.3 is 10.5 Å². The van der Waals surface area contributed by atoms with Crippen molar-refractivity contribution in [1.29, 1.82) is 0 Å². The molecule has 3 heteroatoms. The number of nitrogens with two attached hydrogens (primary N) is 1. The van der Waals surface area contributed by atoms with Crippen LogP contribution < -0.4 is 5.73 Å². The predicted molar refractivity (Wildman–Crippen MR) is 125 cm³/mol. The topological polar surface area (TPSA) is 52.3 Å². The van der Waals surface area contributed by atoms with E-state index < -0.39 is 17.6 Å². The molecule has 2 aromatic rings. The molecule has 30 heavy (non-hydrogen) atoms. The largest absolute Gasteiger partial charge is 0.443 e. The second-order valence-electron chi connectivity index (χ2n) is 7.73. The summed E-state index contributed by atoms with van der Waals surface area (Å²) < 4.78 is 6.30. The lowest BCUT2D eigenvalue weighted by atomic mass is 9.76. The van der Waals surface area contributed by atoms with E-state index in [2.05, 4.69) is 31.2 Å². The molecular weight excluding hydrogens is 370 g/mol. The molecule has 0 bridgehead atoms. The summed E-state index contributed by atoms with van der Waals surface area (Å²) >= 11 is 0. The van der Waals surface area contributed by atoms with Gasteiger partial charge in [-0.2, -0.15) is 0 Å². The molecule has 0 amide bonds. The molecule has 0 radical (unpaired) electrons. The van der Waals surface area contributed by atoms with E-state index in [-0.39, 0.29) is 0 Å². The van der Waals surface area contributed by atoms with Gasteiger partial charge in [-0.3, -0.25) is 4.79 Å². The fourth-order valence-corrected chi connectivity index (χ4v) is 3.72. The van der Waals surface area contributed by atoms with Gasteiger partial charge in [0.1, 0.15) is 6.04 Å². The van der Waals surface area contributed by atoms with Crippen LogP contribution in [0.1, 0.15) is 64.2 Å². The minimum absolute atomic E-state index is 0.433. The van der Waals surface area contributed by atoms with Crippen molar-refractivity contribution in [3.8, 4) is 0 Å². The van der Waals surface area contributed by atoms with E-state index >= 15 is 0 Å². The number of carbonyl (C=O) groups is 1. The third-order valence-electron chi connectivity index (χ3n) is 5.51. The van der Waals surface area contributed by atoms with Crippen molar-refractivity contribution in [3.63, 3.8) is 0 Å². The summed E-state index contributed by atoms with van der Waals surface area (Å²) in [5, 5.41) is 0. The highest BCUT2D eigenvalue weighted by molar-refractivity contribution is 5.77. The molecule has 2 atom stereocenters. The summed E-state index contributed by atoms with van der Waals surface area (Å²) in [6.45, 7) is 9.87. The number of carbonyl (C=O) groups excluding carboxylic acids is 1. The molecule has 2 N–H and O–H groups in total. The Morgan fingerprint density at radius 2 is 1.63 bits per heavy atom. The minimum Gasteiger partial charge on any atom is -0.443 e. The van der Waals surface area contributed by atoms with E-state index in [1.54, 1.807) is 6.92 Å². The van der Waals surface area contributed by atoms with Crippen LogP contribution in [0.5, 0.6) is 0 Å². The van der Waals surface area contributed by atoms with Gasteiger partial charge in [-0.15, -0.1) is 0 Å². The highest BCUT2D eigenvalue weighted by Gasteiger charge is 2.43. The van der Waals surface area contributed by atoms with Crippen LogP contribution in [0.3, 0.4) is 0 Å². The number of hydrogen-bond donors (Lipinski definition) is 1. The third kappa shape index (κ3) is 5.09. The number of ether oxygens (including phenoxy) is 1. The van der Waals surface area contributed by atoms with Gasteiger partial charge in [-0.25, -0.2) is 0 Å². The highest BCUT2D eigenvalue weighted by Crippen LogP contribution is 2.44. The Hall–Kier alpha value is -2.65. The quantitative estimate of drug-likeness (QED) is 0.406. The number of hydrogen-bond acceptors (Lipinski definition) is 3. The van der Waals surface area contributed by atoms with Crippen molar-refractivity contribution < 1.29 is 9.53 Å². The number of aryl methyl sites for hydroxylation is 1. The summed E-state index contributed by atoms with van der Waals surface area (Å²) in [4.78, 5) is 12.9. The fraction of sp³-hybridized carbons (Fsp3) is 0.370. The van der Waals surface area contributed by atoms with Crippen molar-refractivity contribution in [2.24, 2.45) is 5.73 Å². The van der Waals surface area contributed by atoms with Gasteiger partial charge in [0.2, 0.25) is 0 Å². The number of benzene rings is 2. The van der Waals surface area contributed by atoms with Crippen molar-refractivity contribution in [2.45, 2.75) is 65.5 Å². The molecule has 0 heterocycles. The van der Waals surface area contributed by atoms with Gasteiger partial charge in [0.05, 0.1) is 0 Å². The van der Waals surface area contributed by atoms with Gasteiger partial charge in [0, 0.05) is 16.7 Å². The summed E-state index contributed by atoms with van der Waals surface area (Å²) in [6, 6.07) is 17.6. The Labute approximate surface area is 181 Å². The van der Waals surface area contributed by atoms with Crippen LogP contribution in [-0.4, -0.2) is 12.0 Å². The minimum atomic E-state index is -1.07. The van der Waals surface area contributed by atoms with E-state index in [4.69, 9.17) is 10.5 Å². The average molecular weight is 406 g/mol. The van der Waals surface area contributed by atoms with E-state index in [0.29, 0.717) is 0 Å². The van der Waals surface area contributed by atoms with Crippen LogP contribution in [-0.2, 0) is 21.6 Å². The summed E-state index contributed by atoms with van der Waals surface area (Å²) in [5.41, 5.74) is 9.93. The smallest absolute Gasteiger partial charge is 0.324 e. The van der Waals surface area contributed by atoms with E-state index in [9.17, 15) is 4.79 Å². The first-order valence-electron chi connectivity index (χ1n) is 10.8. The van der Waals surface area contributed by atoms with Crippen molar-refractivity contribution in [1.82, 2.24) is 0 Å². The number of allylic oxidation sites excluding steroid dienone is 2. The third-order valence-corrected chi connectivity index (χ3v) is 5.51. The molecule has 0 aliphatic carbocycles. The molecule has 2 aromatic carbocycles. The van der Waals surface area contributed by atoms with Crippen LogP contribution in [0.4, 0.5) is 0 Å². The van der Waals surface area contributed by atoms with Crippen LogP contribution in [0.15, 0.2) is 77.9 Å². The summed E-state index contributed by atoms with van der Waals surface area (Å²) in [5.74, 6) is -0.433. The summed E-state index contributed by atoms with van der Waals surface area (Å²) in [6.07, 6.45) is 7.43. The standard InChI is InChI=1S/C27H35NO2/c1-6-9-13-22-16-18-24(19-17-22)27(30-26(29)21(5)28,23-14-11-10-12-15-23)25(8-3)20(4)7-2/h7-8,10-12,14-19,21H,6,9,13,28H2,1-5H3/b20-7-,25-8+/t21-,27?/m0/s1. The normalized spacial score (nSPS) is 15.4. The monoisotopic (exact) mass is 405 g/mol. The molecule has 2 rings (SSSR count). The Morgan fingerprint density at radius 3 is 2.13 bits per heavy atom. The Morgan fingerprint density at radius 1 is 1.03 bits per heavy atom. The molecule has 0 fully saturated rings. The SMILES string of the molecule is C/C=C(C)\C(=C/C)C(OC(=O)[C@H](C)N)(c1ccccc1)c1ccc(CCCC)cc1. The zero-order chi connectivity index (χ0) is 22.1. The maximum atomic E-state index is 12.9. The first-order valence-corrected chi connectivity index (χ1v) is 10.8. The van der Waals surface area contributed by atoms with Crippen LogP contribution in [0, 0.1) is 0 Å². The van der Waals surface area contributed by atoms with Crippen LogP contribution >= 0.6 is 0 Å². The molecule has 0 aliphatic heterocycles. The maximum Gasteiger partial charge on any atom is 0.324 e. The lowest BCUT2D eigenvalue weighted by Crippen LogP contribution is -2.41. The lowest BCUT2D eigenvalue weighted by Gasteiger charge is -2.38. The maximum absolute atomic E-state index is 12.9. The predicted octanol–water partition coefficient (Wildman–Crippen LogP) is 6.08. The zero-order valence-corrected chi connectivity index (χ0v) is 18.9. The number of unbranched alkanes of at least 4 members (excludes halogenated alkanes) is 1. The van der Waals surface area contributed by atoms with Crippen LogP contribution in [0.2, 0.25) is 0 Å². The first-order chi connectivity index (χ1) is 14.4. The second kappa shape index (κ2) is 10.9. The second-order valence-corrected chi connectivity index (χ2v) is 7.73. The molecule has 160 valence electrons. The Bertz CT molecular complexity index is 879. The highest BCUT2D eigenvalue weighted by atomic mass is 16.6. The van der Waals surface area contributed by atoms with E-state index in [1.165, 1.54) is 5.56 Å². The molecule has 0 aliphatic rings.